The number of methoxy groups -OCH3 is 1. The van der Waals surface area contributed by atoms with Gasteiger partial charge in [-0.25, -0.2) is 4.98 Å². The molecule has 47 heavy (non-hydrogen) atoms. The Morgan fingerprint density at radius 1 is 0.830 bits per heavy atom. The molecule has 2 aromatic rings. The van der Waals surface area contributed by atoms with Gasteiger partial charge in [-0.05, 0) is 31.0 Å². The van der Waals surface area contributed by atoms with Crippen molar-refractivity contribution in [1.29, 1.82) is 0 Å². The Bertz CT molecular complexity index is 1160. The average molecular weight is 665 g/mol. The molecule has 0 aliphatic carbocycles. The Balaban J connectivity index is 1.55. The quantitative estimate of drug-likeness (QED) is 0.0852. The average Bonchev–Trinajstić information content (AvgIpc) is 3.07. The number of hydrogen-bond donors (Lipinski definition) is 3. The molecule has 15 nitrogen and oxygen atoms in total. The van der Waals surface area contributed by atoms with Crippen LogP contribution in [0, 0.1) is 11.8 Å². The second-order valence-corrected chi connectivity index (χ2v) is 10.3. The Morgan fingerprint density at radius 2 is 1.40 bits per heavy atom. The topological polar surface area (TPSA) is 187 Å². The normalized spacial score (nSPS) is 11.0. The smallest absolute Gasteiger partial charge is 0.251 e. The van der Waals surface area contributed by atoms with Crippen LogP contribution in [0.3, 0.4) is 0 Å². The number of hydrogen-bond acceptors (Lipinski definition) is 14. The van der Waals surface area contributed by atoms with E-state index in [4.69, 9.17) is 38.9 Å². The Labute approximate surface area is 277 Å². The van der Waals surface area contributed by atoms with Crippen molar-refractivity contribution in [3.8, 4) is 5.75 Å². The molecular weight excluding hydrogens is 612 g/mol. The predicted molar refractivity (Wildman–Crippen MR) is 178 cm³/mol. The maximum atomic E-state index is 12.7. The highest BCUT2D eigenvalue weighted by Crippen LogP contribution is 2.27. The molecule has 0 spiro atoms. The summed E-state index contributed by atoms with van der Waals surface area (Å²) in [7, 11) is 1.59. The minimum absolute atomic E-state index is 0.154. The number of nitrogens with one attached hydrogen (secondary N) is 2. The van der Waals surface area contributed by atoms with Gasteiger partial charge in [0.05, 0.1) is 86.4 Å². The number of nitroso groups, excluding NO2 is 1. The van der Waals surface area contributed by atoms with Gasteiger partial charge in [-0.3, -0.25) is 4.79 Å². The van der Waals surface area contributed by atoms with Crippen LogP contribution >= 0.6 is 0 Å². The maximum absolute atomic E-state index is 12.7. The Morgan fingerprint density at radius 3 is 1.96 bits per heavy atom. The first-order valence-corrected chi connectivity index (χ1v) is 16.1. The van der Waals surface area contributed by atoms with E-state index in [2.05, 4.69) is 32.7 Å². The number of benzene rings is 1. The van der Waals surface area contributed by atoms with E-state index in [0.29, 0.717) is 104 Å². The van der Waals surface area contributed by atoms with Gasteiger partial charge in [0.2, 0.25) is 5.95 Å². The lowest BCUT2D eigenvalue weighted by Crippen LogP contribution is -2.27. The third-order valence-corrected chi connectivity index (χ3v) is 6.69. The molecule has 0 fully saturated rings. The lowest BCUT2D eigenvalue weighted by Gasteiger charge is -2.16. The van der Waals surface area contributed by atoms with Crippen molar-refractivity contribution >= 4 is 17.7 Å². The number of nitrogens with two attached hydrogens (primary N) is 1. The van der Waals surface area contributed by atoms with Gasteiger partial charge in [-0.1, -0.05) is 24.6 Å². The minimum Gasteiger partial charge on any atom is -0.496 e. The molecule has 0 radical (unpaired) electrons. The third-order valence-electron chi connectivity index (χ3n) is 6.69. The predicted octanol–water partition coefficient (Wildman–Crippen LogP) is 2.77. The lowest BCUT2D eigenvalue weighted by atomic mass is 10.0. The summed E-state index contributed by atoms with van der Waals surface area (Å²) in [4.78, 5) is 31.4. The monoisotopic (exact) mass is 664 g/mol. The molecule has 1 aromatic heterocycles. The Hall–Kier alpha value is -3.47. The number of nitrogen functional groups attached to an aromatic ring is 1. The molecular formula is C32H52N6O9. The number of rotatable bonds is 29. The van der Waals surface area contributed by atoms with Gasteiger partial charge in [0.15, 0.2) is 0 Å². The van der Waals surface area contributed by atoms with Crippen molar-refractivity contribution in [2.75, 3.05) is 117 Å². The Kier molecular flexibility index (Phi) is 21.6. The van der Waals surface area contributed by atoms with E-state index >= 15 is 0 Å². The van der Waals surface area contributed by atoms with E-state index in [1.165, 1.54) is 0 Å². The van der Waals surface area contributed by atoms with Gasteiger partial charge < -0.3 is 49.5 Å². The van der Waals surface area contributed by atoms with E-state index in [9.17, 15) is 9.70 Å². The molecule has 0 bridgehead atoms. The fourth-order valence-electron chi connectivity index (χ4n) is 4.22. The summed E-state index contributed by atoms with van der Waals surface area (Å²) in [6, 6.07) is 5.40. The van der Waals surface area contributed by atoms with Gasteiger partial charge in [0.1, 0.15) is 18.1 Å². The number of nitrogens with zero attached hydrogens (tertiary/aromatic N) is 3. The first-order chi connectivity index (χ1) is 23.0. The van der Waals surface area contributed by atoms with Crippen LogP contribution < -0.4 is 21.1 Å². The van der Waals surface area contributed by atoms with Crippen molar-refractivity contribution in [3.05, 3.63) is 45.5 Å². The van der Waals surface area contributed by atoms with Crippen molar-refractivity contribution in [2.24, 2.45) is 5.18 Å². The molecule has 0 aliphatic rings. The summed E-state index contributed by atoms with van der Waals surface area (Å²) in [5.41, 5.74) is 9.04. The van der Waals surface area contributed by atoms with Gasteiger partial charge in [-0.2, -0.15) is 9.89 Å². The number of ether oxygens (including phenoxy) is 7. The highest BCUT2D eigenvalue weighted by atomic mass is 16.6. The summed E-state index contributed by atoms with van der Waals surface area (Å²) in [5.74, 6) is 1.34. The number of carbonyl (C=O) groups excluding carboxylic acids is 1. The molecule has 1 aromatic carbocycles. The number of anilines is 2. The molecule has 264 valence electrons. The summed E-state index contributed by atoms with van der Waals surface area (Å²) >= 11 is 0. The minimum atomic E-state index is -0.216. The van der Waals surface area contributed by atoms with Gasteiger partial charge in [0.25, 0.3) is 5.91 Å². The van der Waals surface area contributed by atoms with Crippen molar-refractivity contribution < 1.29 is 38.0 Å². The number of carbonyl (C=O) groups is 1. The third kappa shape index (κ3) is 17.3. The summed E-state index contributed by atoms with van der Waals surface area (Å²) < 4.78 is 38.0. The van der Waals surface area contributed by atoms with Gasteiger partial charge in [0, 0.05) is 36.3 Å². The van der Waals surface area contributed by atoms with Crippen LogP contribution in [0.2, 0.25) is 0 Å². The summed E-state index contributed by atoms with van der Waals surface area (Å²) in [5, 5.41) is 8.95. The van der Waals surface area contributed by atoms with E-state index < -0.39 is 0 Å². The molecule has 0 aliphatic heterocycles. The van der Waals surface area contributed by atoms with Crippen LogP contribution in [-0.4, -0.2) is 122 Å². The molecule has 0 saturated heterocycles. The van der Waals surface area contributed by atoms with Crippen LogP contribution in [0.1, 0.15) is 46.9 Å². The second-order valence-electron chi connectivity index (χ2n) is 10.3. The SMILES string of the molecule is CCCCNc1nc(N)nc(C)c1Cc1ccc(C(=O)NCCOCCOCCOCCOCCOCCOCCN=O)cc1OC. The fourth-order valence-corrected chi connectivity index (χ4v) is 4.22. The molecule has 0 atom stereocenters. The number of amides is 1. The first-order valence-electron chi connectivity index (χ1n) is 16.1. The van der Waals surface area contributed by atoms with Crippen molar-refractivity contribution in [1.82, 2.24) is 15.3 Å². The summed E-state index contributed by atoms with van der Waals surface area (Å²) in [6.45, 7) is 10.5. The molecule has 15 heteroatoms. The molecule has 2 rings (SSSR count). The van der Waals surface area contributed by atoms with Crippen LogP contribution in [-0.2, 0) is 34.8 Å². The van der Waals surface area contributed by atoms with Gasteiger partial charge >= 0.3 is 0 Å². The second kappa shape index (κ2) is 25.6. The zero-order valence-corrected chi connectivity index (χ0v) is 28.1. The van der Waals surface area contributed by atoms with Crippen molar-refractivity contribution in [2.45, 2.75) is 33.1 Å². The van der Waals surface area contributed by atoms with E-state index in [-0.39, 0.29) is 18.4 Å². The zero-order chi connectivity index (χ0) is 34.0. The zero-order valence-electron chi connectivity index (χ0n) is 28.1. The molecule has 4 N–H and O–H groups in total. The lowest BCUT2D eigenvalue weighted by molar-refractivity contribution is -0.0162. The van der Waals surface area contributed by atoms with E-state index in [0.717, 1.165) is 42.0 Å². The standard InChI is InChI=1S/C32H52N6O9/c1-4-5-8-34-30-28(25(2)37-32(33)38-30)23-26-6-7-27(24-29(26)41-3)31(39)35-9-11-42-13-15-44-17-19-46-21-22-47-20-18-45-16-14-43-12-10-36-40/h6-7,24H,4-5,8-23H2,1-3H3,(H,35,39)(H3,33,34,37,38). The van der Waals surface area contributed by atoms with E-state index in [1.807, 2.05) is 13.0 Å². The largest absolute Gasteiger partial charge is 0.496 e. The number of aryl methyl sites for hydroxylation is 1. The van der Waals surface area contributed by atoms with E-state index in [1.54, 1.807) is 19.2 Å². The molecule has 0 saturated carbocycles. The number of aromatic nitrogens is 2. The molecule has 0 unspecified atom stereocenters. The first kappa shape index (κ1) is 39.7. The van der Waals surface area contributed by atoms with Gasteiger partial charge in [-0.15, -0.1) is 0 Å². The fraction of sp³-hybridized carbons (Fsp3) is 0.656. The molecule has 1 heterocycles. The van der Waals surface area contributed by atoms with Crippen LogP contribution in [0.5, 0.6) is 5.75 Å². The highest BCUT2D eigenvalue weighted by Gasteiger charge is 2.16. The van der Waals surface area contributed by atoms with Crippen LogP contribution in [0.15, 0.2) is 23.4 Å². The maximum Gasteiger partial charge on any atom is 0.251 e. The molecule has 1 amide bonds. The summed E-state index contributed by atoms with van der Waals surface area (Å²) in [6.07, 6.45) is 2.61. The number of unbranched alkanes of at least 4 members (excludes halogenated alkanes) is 1. The van der Waals surface area contributed by atoms with Crippen LogP contribution in [0.25, 0.3) is 0 Å². The van der Waals surface area contributed by atoms with Crippen molar-refractivity contribution in [3.63, 3.8) is 0 Å². The highest BCUT2D eigenvalue weighted by molar-refractivity contribution is 5.94. The van der Waals surface area contributed by atoms with Crippen LogP contribution in [0.4, 0.5) is 11.8 Å².